The van der Waals surface area contributed by atoms with E-state index in [0.29, 0.717) is 22.8 Å². The van der Waals surface area contributed by atoms with Gasteiger partial charge in [-0.2, -0.15) is 0 Å². The monoisotopic (exact) mass is 340 g/mol. The highest BCUT2D eigenvalue weighted by Crippen LogP contribution is 2.33. The van der Waals surface area contributed by atoms with Gasteiger partial charge in [-0.3, -0.25) is 9.59 Å². The fourth-order valence-electron chi connectivity index (χ4n) is 2.70. The number of anilines is 2. The molecule has 5 heteroatoms. The van der Waals surface area contributed by atoms with Crippen LogP contribution >= 0.6 is 11.6 Å². The highest BCUT2D eigenvalue weighted by Gasteiger charge is 2.46. The lowest BCUT2D eigenvalue weighted by Gasteiger charge is -2.27. The van der Waals surface area contributed by atoms with Gasteiger partial charge in [0.25, 0.3) is 11.8 Å². The first-order valence-electron chi connectivity index (χ1n) is 7.70. The molecule has 24 heavy (non-hydrogen) atoms. The van der Waals surface area contributed by atoms with E-state index in [9.17, 15) is 9.59 Å². The van der Waals surface area contributed by atoms with Crippen molar-refractivity contribution in [2.45, 2.75) is 13.3 Å². The average Bonchev–Trinajstić information content (AvgIpc) is 2.85. The SMILES string of the molecule is C/C(Cl)=C/CC1C(=O)N(c2ccccc2)N(c2ccccc2)C1=O. The number of hydrogen-bond acceptors (Lipinski definition) is 2. The Labute approximate surface area is 145 Å². The Kier molecular flexibility index (Phi) is 4.67. The average molecular weight is 341 g/mol. The molecule has 0 radical (unpaired) electrons. The fourth-order valence-corrected chi connectivity index (χ4v) is 2.79. The topological polar surface area (TPSA) is 40.6 Å². The third-order valence-corrected chi connectivity index (χ3v) is 4.00. The summed E-state index contributed by atoms with van der Waals surface area (Å²) in [6.07, 6.45) is 2.00. The Morgan fingerprint density at radius 2 is 1.33 bits per heavy atom. The number of allylic oxidation sites excluding steroid dienone is 2. The first-order valence-corrected chi connectivity index (χ1v) is 8.07. The van der Waals surface area contributed by atoms with E-state index in [1.54, 1.807) is 13.0 Å². The molecule has 1 fully saturated rings. The highest BCUT2D eigenvalue weighted by atomic mass is 35.5. The molecule has 0 aromatic heterocycles. The van der Waals surface area contributed by atoms with Crippen molar-refractivity contribution in [1.82, 2.24) is 0 Å². The van der Waals surface area contributed by atoms with Gasteiger partial charge in [-0.05, 0) is 37.6 Å². The number of nitrogens with zero attached hydrogens (tertiary/aromatic N) is 2. The molecule has 0 saturated carbocycles. The Morgan fingerprint density at radius 3 is 1.71 bits per heavy atom. The summed E-state index contributed by atoms with van der Waals surface area (Å²) < 4.78 is 0. The molecule has 0 aliphatic carbocycles. The zero-order valence-electron chi connectivity index (χ0n) is 13.2. The summed E-state index contributed by atoms with van der Waals surface area (Å²) in [5, 5.41) is 3.46. The molecule has 0 N–H and O–H groups in total. The molecule has 2 aromatic carbocycles. The number of hydrogen-bond donors (Lipinski definition) is 0. The van der Waals surface area contributed by atoms with Crippen molar-refractivity contribution < 1.29 is 9.59 Å². The molecule has 0 unspecified atom stereocenters. The van der Waals surface area contributed by atoms with Crippen LogP contribution in [0.1, 0.15) is 13.3 Å². The van der Waals surface area contributed by atoms with Crippen molar-refractivity contribution in [2.75, 3.05) is 10.0 Å². The second-order valence-electron chi connectivity index (χ2n) is 5.55. The van der Waals surface area contributed by atoms with Gasteiger partial charge in [0, 0.05) is 5.03 Å². The molecule has 3 rings (SSSR count). The first kappa shape index (κ1) is 16.3. The molecule has 2 aromatic rings. The maximum Gasteiger partial charge on any atom is 0.259 e. The molecule has 122 valence electrons. The molecule has 1 saturated heterocycles. The van der Waals surface area contributed by atoms with Crippen LogP contribution in [0.5, 0.6) is 0 Å². The summed E-state index contributed by atoms with van der Waals surface area (Å²) in [6.45, 7) is 1.73. The number of halogens is 1. The summed E-state index contributed by atoms with van der Waals surface area (Å²) in [5.74, 6) is -1.26. The number of amides is 2. The predicted molar refractivity (Wildman–Crippen MR) is 95.6 cm³/mol. The van der Waals surface area contributed by atoms with Gasteiger partial charge in [0.2, 0.25) is 0 Å². The van der Waals surface area contributed by atoms with Crippen LogP contribution in [-0.2, 0) is 9.59 Å². The van der Waals surface area contributed by atoms with Gasteiger partial charge in [0.1, 0.15) is 5.92 Å². The smallest absolute Gasteiger partial charge is 0.259 e. The van der Waals surface area contributed by atoms with E-state index in [2.05, 4.69) is 0 Å². The molecular weight excluding hydrogens is 324 g/mol. The molecule has 1 aliphatic rings. The number of carbonyl (C=O) groups excluding carboxylic acids is 2. The summed E-state index contributed by atoms with van der Waals surface area (Å²) in [4.78, 5) is 25.8. The number of benzene rings is 2. The van der Waals surface area contributed by atoms with Crippen molar-refractivity contribution >= 4 is 34.8 Å². The van der Waals surface area contributed by atoms with Crippen LogP contribution in [-0.4, -0.2) is 11.8 Å². The van der Waals surface area contributed by atoms with Crippen LogP contribution in [0.15, 0.2) is 71.8 Å². The zero-order valence-corrected chi connectivity index (χ0v) is 14.0. The Morgan fingerprint density at radius 1 is 0.917 bits per heavy atom. The number of rotatable bonds is 4. The lowest BCUT2D eigenvalue weighted by molar-refractivity contribution is -0.126. The van der Waals surface area contributed by atoms with Crippen LogP contribution < -0.4 is 10.0 Å². The number of carbonyl (C=O) groups is 2. The van der Waals surface area contributed by atoms with Gasteiger partial charge in [-0.1, -0.05) is 54.1 Å². The van der Waals surface area contributed by atoms with Crippen molar-refractivity contribution in [3.63, 3.8) is 0 Å². The number of para-hydroxylation sites is 2. The molecule has 0 spiro atoms. The van der Waals surface area contributed by atoms with Gasteiger partial charge in [-0.25, -0.2) is 10.0 Å². The minimum atomic E-state index is -0.765. The quantitative estimate of drug-likeness (QED) is 0.785. The lowest BCUT2D eigenvalue weighted by atomic mass is 10.0. The van der Waals surface area contributed by atoms with Crippen LogP contribution in [0.25, 0.3) is 0 Å². The van der Waals surface area contributed by atoms with Gasteiger partial charge in [0.05, 0.1) is 11.4 Å². The van der Waals surface area contributed by atoms with E-state index < -0.39 is 5.92 Å². The minimum absolute atomic E-state index is 0.246. The molecule has 4 nitrogen and oxygen atoms in total. The van der Waals surface area contributed by atoms with Gasteiger partial charge < -0.3 is 0 Å². The third kappa shape index (κ3) is 3.05. The van der Waals surface area contributed by atoms with Gasteiger partial charge in [-0.15, -0.1) is 0 Å². The second-order valence-corrected chi connectivity index (χ2v) is 6.15. The normalized spacial score (nSPS) is 16.2. The highest BCUT2D eigenvalue weighted by molar-refractivity contribution is 6.29. The van der Waals surface area contributed by atoms with Crippen molar-refractivity contribution in [2.24, 2.45) is 5.92 Å². The van der Waals surface area contributed by atoms with Crippen LogP contribution in [0.2, 0.25) is 0 Å². The summed E-state index contributed by atoms with van der Waals surface area (Å²) >= 11 is 5.87. The van der Waals surface area contributed by atoms with Crippen LogP contribution in [0.4, 0.5) is 11.4 Å². The van der Waals surface area contributed by atoms with Crippen molar-refractivity contribution in [1.29, 1.82) is 0 Å². The Balaban J connectivity index is 2.04. The van der Waals surface area contributed by atoms with E-state index in [1.807, 2.05) is 60.7 Å². The molecule has 0 bridgehead atoms. The fraction of sp³-hybridized carbons (Fsp3) is 0.158. The van der Waals surface area contributed by atoms with E-state index in [1.165, 1.54) is 10.0 Å². The standard InChI is InChI=1S/C19H17ClN2O2/c1-14(20)12-13-17-18(23)21(15-8-4-2-5-9-15)22(19(17)24)16-10-6-3-7-11-16/h2-12,17H,13H2,1H3/b14-12-. The van der Waals surface area contributed by atoms with Crippen molar-refractivity contribution in [3.8, 4) is 0 Å². The summed E-state index contributed by atoms with van der Waals surface area (Å²) in [5.41, 5.74) is 1.32. The molecule has 0 atom stereocenters. The maximum atomic E-state index is 12.9. The minimum Gasteiger partial charge on any atom is -0.272 e. The summed E-state index contributed by atoms with van der Waals surface area (Å²) in [6, 6.07) is 18.3. The Bertz CT molecular complexity index is 713. The first-order chi connectivity index (χ1) is 11.6. The van der Waals surface area contributed by atoms with E-state index >= 15 is 0 Å². The number of hydrazine groups is 1. The molecular formula is C19H17ClN2O2. The Hall–Kier alpha value is -2.59. The lowest BCUT2D eigenvalue weighted by Crippen LogP contribution is -2.41. The van der Waals surface area contributed by atoms with Crippen molar-refractivity contribution in [3.05, 3.63) is 71.8 Å². The van der Waals surface area contributed by atoms with Crippen LogP contribution in [0.3, 0.4) is 0 Å². The zero-order chi connectivity index (χ0) is 17.1. The van der Waals surface area contributed by atoms with Gasteiger partial charge in [0.15, 0.2) is 0 Å². The molecule has 1 aliphatic heterocycles. The third-order valence-electron chi connectivity index (χ3n) is 3.85. The molecule has 1 heterocycles. The predicted octanol–water partition coefficient (Wildman–Crippen LogP) is 4.13. The maximum absolute atomic E-state index is 12.9. The van der Waals surface area contributed by atoms with E-state index in [0.717, 1.165) is 0 Å². The summed E-state index contributed by atoms with van der Waals surface area (Å²) in [7, 11) is 0. The molecule has 2 amide bonds. The van der Waals surface area contributed by atoms with E-state index in [-0.39, 0.29) is 11.8 Å². The second kappa shape index (κ2) is 6.89. The van der Waals surface area contributed by atoms with Crippen LogP contribution in [0, 0.1) is 5.92 Å². The van der Waals surface area contributed by atoms with Gasteiger partial charge >= 0.3 is 0 Å². The van der Waals surface area contributed by atoms with E-state index in [4.69, 9.17) is 11.6 Å². The largest absolute Gasteiger partial charge is 0.272 e.